The monoisotopic (exact) mass is 449 g/mol. The summed E-state index contributed by atoms with van der Waals surface area (Å²) < 4.78 is 11.2. The molecule has 1 aliphatic carbocycles. The summed E-state index contributed by atoms with van der Waals surface area (Å²) in [6.45, 7) is 2.26. The van der Waals surface area contributed by atoms with Gasteiger partial charge in [-0.15, -0.1) is 11.8 Å². The molecule has 0 saturated heterocycles. The molecular formula is C26H27NO4S. The van der Waals surface area contributed by atoms with E-state index in [4.69, 9.17) is 9.47 Å². The number of carbonyl (C=O) groups excluding carboxylic acids is 2. The first-order valence-electron chi connectivity index (χ1n) is 10.9. The molecule has 5 nitrogen and oxygen atoms in total. The number of hydrogen-bond acceptors (Lipinski definition) is 6. The van der Waals surface area contributed by atoms with Crippen molar-refractivity contribution in [3.05, 3.63) is 71.4 Å². The van der Waals surface area contributed by atoms with Gasteiger partial charge in [-0.05, 0) is 55.9 Å². The van der Waals surface area contributed by atoms with Crippen molar-refractivity contribution < 1.29 is 19.1 Å². The lowest BCUT2D eigenvalue weighted by Gasteiger charge is -2.34. The van der Waals surface area contributed by atoms with E-state index in [1.54, 1.807) is 11.8 Å². The average molecular weight is 450 g/mol. The number of nitrogens with zero attached hydrogens (tertiary/aromatic N) is 1. The summed E-state index contributed by atoms with van der Waals surface area (Å²) in [7, 11) is 0. The van der Waals surface area contributed by atoms with Gasteiger partial charge >= 0.3 is 5.97 Å². The van der Waals surface area contributed by atoms with Gasteiger partial charge in [-0.25, -0.2) is 0 Å². The Labute approximate surface area is 192 Å². The number of carbonyl (C=O) groups is 2. The van der Waals surface area contributed by atoms with Crippen LogP contribution >= 0.6 is 11.8 Å². The van der Waals surface area contributed by atoms with Crippen LogP contribution in [-0.4, -0.2) is 36.9 Å². The van der Waals surface area contributed by atoms with Gasteiger partial charge in [0.2, 0.25) is 0 Å². The van der Waals surface area contributed by atoms with Gasteiger partial charge in [0.05, 0.1) is 0 Å². The zero-order chi connectivity index (χ0) is 22.5. The zero-order valence-electron chi connectivity index (χ0n) is 18.4. The molecule has 0 N–H and O–H groups in total. The molecule has 2 aromatic carbocycles. The van der Waals surface area contributed by atoms with E-state index in [2.05, 4.69) is 4.99 Å². The van der Waals surface area contributed by atoms with Crippen LogP contribution in [0, 0.1) is 5.92 Å². The Hall–Kier alpha value is -2.86. The molecular weight excluding hydrogens is 422 g/mol. The number of Topliss-reactive ketones (excluding diaryl/α,β-unsaturated/α-hetero) is 1. The minimum atomic E-state index is -0.618. The Bertz CT molecular complexity index is 1040. The molecule has 1 unspecified atom stereocenters. The molecule has 2 aliphatic rings. The standard InChI is InChI=1S/C26H27NO4S/c1-17-23(26(29)31-16-15-30-19-7-4-3-5-8-19)24(18-11-13-20(32-2)14-12-18)25-21(27-17)9-6-10-22(25)28/h3-5,7-8,11-14,23-24H,6,9-10,15-16H2,1-2H3/t23?,24-/m1/s1. The van der Waals surface area contributed by atoms with Gasteiger partial charge in [0.25, 0.3) is 0 Å². The maximum Gasteiger partial charge on any atom is 0.315 e. The number of rotatable bonds is 7. The fraction of sp³-hybridized carbons (Fsp3) is 0.346. The van der Waals surface area contributed by atoms with E-state index in [0.29, 0.717) is 17.7 Å². The van der Waals surface area contributed by atoms with E-state index < -0.39 is 5.92 Å². The predicted octanol–water partition coefficient (Wildman–Crippen LogP) is 5.21. The fourth-order valence-electron chi connectivity index (χ4n) is 4.39. The van der Waals surface area contributed by atoms with Gasteiger partial charge in [0.15, 0.2) is 5.78 Å². The maximum absolute atomic E-state index is 13.2. The lowest BCUT2D eigenvalue weighted by molar-refractivity contribution is -0.147. The highest BCUT2D eigenvalue weighted by Crippen LogP contribution is 2.43. The van der Waals surface area contributed by atoms with Crippen LogP contribution < -0.4 is 4.74 Å². The Morgan fingerprint density at radius 3 is 2.53 bits per heavy atom. The molecule has 0 bridgehead atoms. The van der Waals surface area contributed by atoms with Crippen molar-refractivity contribution in [3.8, 4) is 5.75 Å². The Morgan fingerprint density at radius 1 is 1.06 bits per heavy atom. The minimum Gasteiger partial charge on any atom is -0.490 e. The van der Waals surface area contributed by atoms with Gasteiger partial charge in [0.1, 0.15) is 24.9 Å². The molecule has 0 fully saturated rings. The normalized spacial score (nSPS) is 20.4. The molecule has 0 spiro atoms. The summed E-state index contributed by atoms with van der Waals surface area (Å²) in [6.07, 6.45) is 4.10. The molecule has 0 aromatic heterocycles. The molecule has 0 amide bonds. The first-order valence-corrected chi connectivity index (χ1v) is 12.1. The van der Waals surface area contributed by atoms with Gasteiger partial charge in [-0.3, -0.25) is 14.6 Å². The van der Waals surface area contributed by atoms with Crippen molar-refractivity contribution in [2.75, 3.05) is 19.5 Å². The Balaban J connectivity index is 1.55. The van der Waals surface area contributed by atoms with E-state index in [0.717, 1.165) is 34.7 Å². The van der Waals surface area contributed by atoms with Crippen LogP contribution in [0.3, 0.4) is 0 Å². The van der Waals surface area contributed by atoms with E-state index in [1.165, 1.54) is 0 Å². The smallest absolute Gasteiger partial charge is 0.315 e. The summed E-state index contributed by atoms with van der Waals surface area (Å²) in [5, 5.41) is 0. The van der Waals surface area contributed by atoms with Crippen molar-refractivity contribution in [3.63, 3.8) is 0 Å². The van der Waals surface area contributed by atoms with Crippen LogP contribution in [-0.2, 0) is 14.3 Å². The SMILES string of the molecule is CSc1ccc([C@H]2C3=C(CCCC3=O)N=C(C)C2C(=O)OCCOc2ccccc2)cc1. The summed E-state index contributed by atoms with van der Waals surface area (Å²) in [6, 6.07) is 17.5. The van der Waals surface area contributed by atoms with E-state index in [-0.39, 0.29) is 30.9 Å². The molecule has 2 atom stereocenters. The molecule has 0 radical (unpaired) electrons. The van der Waals surface area contributed by atoms with Crippen molar-refractivity contribution >= 4 is 29.2 Å². The minimum absolute atomic E-state index is 0.0895. The van der Waals surface area contributed by atoms with Gasteiger partial charge < -0.3 is 9.47 Å². The van der Waals surface area contributed by atoms with E-state index in [1.807, 2.05) is 67.8 Å². The highest BCUT2D eigenvalue weighted by molar-refractivity contribution is 7.98. The third kappa shape index (κ3) is 4.80. The molecule has 166 valence electrons. The van der Waals surface area contributed by atoms with Gasteiger partial charge in [-0.2, -0.15) is 0 Å². The first kappa shape index (κ1) is 22.3. The summed E-state index contributed by atoms with van der Waals surface area (Å²) >= 11 is 1.66. The quantitative estimate of drug-likeness (QED) is 0.330. The van der Waals surface area contributed by atoms with Crippen molar-refractivity contribution in [2.45, 2.75) is 37.0 Å². The number of benzene rings is 2. The summed E-state index contributed by atoms with van der Waals surface area (Å²) in [4.78, 5) is 32.0. The predicted molar refractivity (Wildman–Crippen MR) is 126 cm³/mol. The Morgan fingerprint density at radius 2 is 1.81 bits per heavy atom. The average Bonchev–Trinajstić information content (AvgIpc) is 2.82. The van der Waals surface area contributed by atoms with Crippen LogP contribution in [0.5, 0.6) is 5.75 Å². The molecule has 4 rings (SSSR count). The number of ketones is 1. The van der Waals surface area contributed by atoms with Crippen LogP contribution in [0.1, 0.15) is 37.7 Å². The van der Waals surface area contributed by atoms with Crippen LogP contribution in [0.4, 0.5) is 0 Å². The number of allylic oxidation sites excluding steroid dienone is 2. The van der Waals surface area contributed by atoms with E-state index >= 15 is 0 Å². The Kier molecular flexibility index (Phi) is 7.10. The molecule has 0 saturated carbocycles. The summed E-state index contributed by atoms with van der Waals surface area (Å²) in [5.41, 5.74) is 3.16. The van der Waals surface area contributed by atoms with Gasteiger partial charge in [0, 0.05) is 34.2 Å². The van der Waals surface area contributed by atoms with Crippen molar-refractivity contribution in [2.24, 2.45) is 10.9 Å². The van der Waals surface area contributed by atoms with Crippen LogP contribution in [0.15, 0.2) is 75.8 Å². The second kappa shape index (κ2) is 10.2. The van der Waals surface area contributed by atoms with Crippen LogP contribution in [0.25, 0.3) is 0 Å². The first-order chi connectivity index (χ1) is 15.6. The highest BCUT2D eigenvalue weighted by atomic mass is 32.2. The molecule has 6 heteroatoms. The topological polar surface area (TPSA) is 65.0 Å². The molecule has 1 aliphatic heterocycles. The number of thioether (sulfide) groups is 1. The molecule has 32 heavy (non-hydrogen) atoms. The lowest BCUT2D eigenvalue weighted by Crippen LogP contribution is -2.37. The zero-order valence-corrected chi connectivity index (χ0v) is 19.2. The second-order valence-corrected chi connectivity index (χ2v) is 8.83. The number of ether oxygens (including phenoxy) is 2. The molecule has 1 heterocycles. The second-order valence-electron chi connectivity index (χ2n) is 7.95. The third-order valence-corrected chi connectivity index (χ3v) is 6.65. The number of esters is 1. The highest BCUT2D eigenvalue weighted by Gasteiger charge is 2.43. The van der Waals surface area contributed by atoms with Crippen LogP contribution in [0.2, 0.25) is 0 Å². The summed E-state index contributed by atoms with van der Waals surface area (Å²) in [5.74, 6) is -0.534. The largest absolute Gasteiger partial charge is 0.490 e. The van der Waals surface area contributed by atoms with Crippen molar-refractivity contribution in [1.29, 1.82) is 0 Å². The van der Waals surface area contributed by atoms with Gasteiger partial charge in [-0.1, -0.05) is 30.3 Å². The third-order valence-electron chi connectivity index (χ3n) is 5.90. The lowest BCUT2D eigenvalue weighted by atomic mass is 9.72. The number of hydrogen-bond donors (Lipinski definition) is 0. The van der Waals surface area contributed by atoms with E-state index in [9.17, 15) is 9.59 Å². The molecule has 2 aromatic rings. The fourth-order valence-corrected chi connectivity index (χ4v) is 4.80. The van der Waals surface area contributed by atoms with Crippen molar-refractivity contribution in [1.82, 2.24) is 0 Å². The number of para-hydroxylation sites is 1. The maximum atomic E-state index is 13.2. The number of aliphatic imine (C=N–C) groups is 1.